The molecule has 3 heterocycles. The summed E-state index contributed by atoms with van der Waals surface area (Å²) >= 11 is 0. The summed E-state index contributed by atoms with van der Waals surface area (Å²) in [6.07, 6.45) is 5.03. The summed E-state index contributed by atoms with van der Waals surface area (Å²) in [7, 11) is 1.68. The van der Waals surface area contributed by atoms with Gasteiger partial charge in [-0.1, -0.05) is 6.07 Å². The van der Waals surface area contributed by atoms with Gasteiger partial charge in [0.1, 0.15) is 5.75 Å². The van der Waals surface area contributed by atoms with Crippen LogP contribution in [0.15, 0.2) is 48.7 Å². The molecule has 8 nitrogen and oxygen atoms in total. The molecule has 8 heteroatoms. The predicted molar refractivity (Wildman–Crippen MR) is 139 cm³/mol. The molecule has 2 amide bonds. The Bertz CT molecular complexity index is 1240. The zero-order valence-electron chi connectivity index (χ0n) is 20.8. The third-order valence-electron chi connectivity index (χ3n) is 7.48. The van der Waals surface area contributed by atoms with Gasteiger partial charge < -0.3 is 29.6 Å². The molecular weight excluding hydrogens is 456 g/mol. The molecule has 0 radical (unpaired) electrons. The quantitative estimate of drug-likeness (QED) is 0.550. The number of carbonyl (C=O) groups excluding carboxylic acids is 2. The number of methoxy groups -OCH3 is 1. The van der Waals surface area contributed by atoms with Gasteiger partial charge in [0.2, 0.25) is 5.91 Å². The van der Waals surface area contributed by atoms with E-state index in [9.17, 15) is 9.59 Å². The van der Waals surface area contributed by atoms with E-state index in [1.165, 1.54) is 0 Å². The van der Waals surface area contributed by atoms with Gasteiger partial charge in [-0.15, -0.1) is 0 Å². The van der Waals surface area contributed by atoms with Crippen LogP contribution in [0.4, 0.5) is 0 Å². The number of aromatic nitrogens is 1. The normalized spacial score (nSPS) is 17.4. The Morgan fingerprint density at radius 3 is 2.47 bits per heavy atom. The van der Waals surface area contributed by atoms with Crippen LogP contribution >= 0.6 is 0 Å². The minimum absolute atomic E-state index is 0.0569. The summed E-state index contributed by atoms with van der Waals surface area (Å²) in [6.45, 7) is 5.36. The van der Waals surface area contributed by atoms with Crippen LogP contribution in [0.1, 0.15) is 45.2 Å². The Labute approximate surface area is 211 Å². The summed E-state index contributed by atoms with van der Waals surface area (Å²) in [5.74, 6) is 0.486. The van der Waals surface area contributed by atoms with Gasteiger partial charge in [0.15, 0.2) is 0 Å². The third-order valence-corrected chi connectivity index (χ3v) is 7.48. The van der Waals surface area contributed by atoms with Crippen LogP contribution < -0.4 is 10.5 Å². The molecule has 2 aliphatic rings. The molecule has 1 aromatic heterocycles. The molecule has 5 rings (SSSR count). The number of hydrogen-bond acceptors (Lipinski definition) is 5. The Morgan fingerprint density at radius 1 is 1.00 bits per heavy atom. The van der Waals surface area contributed by atoms with Crippen molar-refractivity contribution in [2.24, 2.45) is 5.73 Å². The molecular formula is C28H34N4O4. The van der Waals surface area contributed by atoms with E-state index < -0.39 is 5.91 Å². The maximum atomic E-state index is 12.9. The number of amides is 2. The summed E-state index contributed by atoms with van der Waals surface area (Å²) in [4.78, 5) is 28.9. The van der Waals surface area contributed by atoms with Gasteiger partial charge in [-0.05, 0) is 66.6 Å². The molecule has 190 valence electrons. The second-order valence-corrected chi connectivity index (χ2v) is 9.61. The maximum absolute atomic E-state index is 12.9. The summed E-state index contributed by atoms with van der Waals surface area (Å²) in [5, 5.41) is 1.13. The summed E-state index contributed by atoms with van der Waals surface area (Å²) in [6, 6.07) is 13.9. The summed E-state index contributed by atoms with van der Waals surface area (Å²) in [5.41, 5.74) is 8.88. The smallest absolute Gasteiger partial charge is 0.254 e. The average Bonchev–Trinajstić information content (AvgIpc) is 3.35. The molecule has 3 aromatic rings. The van der Waals surface area contributed by atoms with Gasteiger partial charge in [0, 0.05) is 61.6 Å². The summed E-state index contributed by atoms with van der Waals surface area (Å²) < 4.78 is 13.3. The Balaban J connectivity index is 1.21. The largest absolute Gasteiger partial charge is 0.496 e. The van der Waals surface area contributed by atoms with Gasteiger partial charge in [-0.3, -0.25) is 9.59 Å². The van der Waals surface area contributed by atoms with Crippen molar-refractivity contribution in [3.8, 4) is 5.75 Å². The number of rotatable bonds is 7. The van der Waals surface area contributed by atoms with E-state index in [2.05, 4.69) is 21.7 Å². The molecule has 2 saturated heterocycles. The molecule has 0 spiro atoms. The predicted octanol–water partition coefficient (Wildman–Crippen LogP) is 3.10. The van der Waals surface area contributed by atoms with Gasteiger partial charge in [0.25, 0.3) is 5.91 Å². The minimum atomic E-state index is -0.398. The number of ether oxygens (including phenoxy) is 2. The molecule has 2 fully saturated rings. The Hall–Kier alpha value is -3.36. The fourth-order valence-electron chi connectivity index (χ4n) is 5.38. The van der Waals surface area contributed by atoms with E-state index in [4.69, 9.17) is 15.2 Å². The Kier molecular flexibility index (Phi) is 7.25. The lowest BCUT2D eigenvalue weighted by molar-refractivity contribution is 0.0303. The SMILES string of the molecule is COc1ccc(C(=O)N2CCOCC2)cc1CCN1CCC(n2ccc3ccc(C(N)=O)cc32)CC1. The number of morpholine rings is 1. The number of primary amides is 1. The van der Waals surface area contributed by atoms with Gasteiger partial charge in [0.05, 0.1) is 20.3 Å². The van der Waals surface area contributed by atoms with Crippen LogP contribution in [0, 0.1) is 0 Å². The van der Waals surface area contributed by atoms with Crippen molar-refractivity contribution < 1.29 is 19.1 Å². The molecule has 0 atom stereocenters. The van der Waals surface area contributed by atoms with Crippen LogP contribution in [0.3, 0.4) is 0 Å². The first-order valence-corrected chi connectivity index (χ1v) is 12.7. The third kappa shape index (κ3) is 5.10. The number of nitrogens with two attached hydrogens (primary N) is 1. The molecule has 0 saturated carbocycles. The first-order chi connectivity index (χ1) is 17.5. The van der Waals surface area contributed by atoms with E-state index >= 15 is 0 Å². The number of piperidine rings is 1. The number of likely N-dealkylation sites (tertiary alicyclic amines) is 1. The average molecular weight is 491 g/mol. The molecule has 2 N–H and O–H groups in total. The monoisotopic (exact) mass is 490 g/mol. The standard InChI is InChI=1S/C28H34N4O4/c1-35-26-5-4-23(28(34)31-14-16-36-17-15-31)18-21(26)6-10-30-11-8-24(9-12-30)32-13-7-20-2-3-22(27(29)33)19-25(20)32/h2-5,7,13,18-19,24H,6,8-12,14-17H2,1H3,(H2,29,33). The van der Waals surface area contributed by atoms with Crippen LogP contribution in [0.25, 0.3) is 10.9 Å². The van der Waals surface area contributed by atoms with E-state index in [1.54, 1.807) is 13.2 Å². The van der Waals surface area contributed by atoms with Gasteiger partial charge in [-0.25, -0.2) is 0 Å². The lowest BCUT2D eigenvalue weighted by atomic mass is 10.0. The highest BCUT2D eigenvalue weighted by Gasteiger charge is 2.23. The highest BCUT2D eigenvalue weighted by atomic mass is 16.5. The maximum Gasteiger partial charge on any atom is 0.254 e. The van der Waals surface area contributed by atoms with Crippen molar-refractivity contribution >= 4 is 22.7 Å². The van der Waals surface area contributed by atoms with Crippen LogP contribution in [0.5, 0.6) is 5.75 Å². The number of hydrogen-bond donors (Lipinski definition) is 1. The van der Waals surface area contributed by atoms with Crippen LogP contribution in [0.2, 0.25) is 0 Å². The van der Waals surface area contributed by atoms with Crippen LogP contribution in [-0.4, -0.2) is 79.2 Å². The highest BCUT2D eigenvalue weighted by molar-refractivity contribution is 5.97. The van der Waals surface area contributed by atoms with Crippen molar-refractivity contribution in [3.63, 3.8) is 0 Å². The highest BCUT2D eigenvalue weighted by Crippen LogP contribution is 2.29. The Morgan fingerprint density at radius 2 is 1.75 bits per heavy atom. The van der Waals surface area contributed by atoms with Crippen molar-refractivity contribution in [1.29, 1.82) is 0 Å². The zero-order chi connectivity index (χ0) is 25.1. The van der Waals surface area contributed by atoms with Gasteiger partial charge in [-0.2, -0.15) is 0 Å². The minimum Gasteiger partial charge on any atom is -0.496 e. The van der Waals surface area contributed by atoms with Crippen molar-refractivity contribution in [2.75, 3.05) is 53.0 Å². The number of benzene rings is 2. The van der Waals surface area contributed by atoms with Gasteiger partial charge >= 0.3 is 0 Å². The van der Waals surface area contributed by atoms with Crippen molar-refractivity contribution in [3.05, 3.63) is 65.4 Å². The number of fused-ring (bicyclic) bond motifs is 1. The fourth-order valence-corrected chi connectivity index (χ4v) is 5.38. The van der Waals surface area contributed by atoms with Crippen LogP contribution in [-0.2, 0) is 11.2 Å². The second kappa shape index (κ2) is 10.7. The molecule has 0 aliphatic carbocycles. The van der Waals surface area contributed by atoms with Crippen molar-refractivity contribution in [2.45, 2.75) is 25.3 Å². The first-order valence-electron chi connectivity index (χ1n) is 12.7. The van der Waals surface area contributed by atoms with E-state index in [1.807, 2.05) is 35.2 Å². The van der Waals surface area contributed by atoms with E-state index in [0.717, 1.165) is 61.1 Å². The molecule has 2 aromatic carbocycles. The first kappa shape index (κ1) is 24.3. The number of nitrogens with zero attached hydrogens (tertiary/aromatic N) is 3. The van der Waals surface area contributed by atoms with E-state index in [0.29, 0.717) is 43.5 Å². The zero-order valence-corrected chi connectivity index (χ0v) is 20.8. The molecule has 2 aliphatic heterocycles. The topological polar surface area (TPSA) is 90.0 Å². The lowest BCUT2D eigenvalue weighted by Crippen LogP contribution is -2.40. The molecule has 0 unspecified atom stereocenters. The van der Waals surface area contributed by atoms with E-state index in [-0.39, 0.29) is 5.91 Å². The lowest BCUT2D eigenvalue weighted by Gasteiger charge is -2.33. The fraction of sp³-hybridized carbons (Fsp3) is 0.429. The van der Waals surface area contributed by atoms with Crippen molar-refractivity contribution in [1.82, 2.24) is 14.4 Å². The second-order valence-electron chi connectivity index (χ2n) is 9.61. The molecule has 0 bridgehead atoms. The molecule has 36 heavy (non-hydrogen) atoms. The number of carbonyl (C=O) groups is 2.